The fraction of sp³-hybridized carbons (Fsp3) is 0.105. The minimum Gasteiger partial charge on any atom is -0.268 e. The summed E-state index contributed by atoms with van der Waals surface area (Å²) >= 11 is 0. The molecule has 3 rings (SSSR count). The number of hydrogen-bond donors (Lipinski definition) is 1. The molecule has 1 aromatic heterocycles. The van der Waals surface area contributed by atoms with Crippen LogP contribution in [-0.4, -0.2) is 31.2 Å². The van der Waals surface area contributed by atoms with Crippen molar-refractivity contribution in [1.29, 1.82) is 0 Å². The number of nitro benzene ring substituents is 2. The van der Waals surface area contributed by atoms with E-state index >= 15 is 0 Å². The second kappa shape index (κ2) is 8.73. The van der Waals surface area contributed by atoms with E-state index in [-0.39, 0.29) is 17.1 Å². The summed E-state index contributed by atoms with van der Waals surface area (Å²) in [6, 6.07) is 13.4. The van der Waals surface area contributed by atoms with Gasteiger partial charge in [0, 0.05) is 30.5 Å². The zero-order chi connectivity index (χ0) is 21.7. The maximum absolute atomic E-state index is 12.3. The van der Waals surface area contributed by atoms with Crippen LogP contribution in [0.5, 0.6) is 0 Å². The SMILES string of the molecule is CC(=NNC(=O)c1ccn(Cc2ccc([N+](=O)[O-])cc2)n1)c1ccc([N+](=O)[O-])cc1. The molecule has 0 aliphatic carbocycles. The Morgan fingerprint density at radius 1 is 1.00 bits per heavy atom. The van der Waals surface area contributed by atoms with Crippen LogP contribution in [0.2, 0.25) is 0 Å². The second-order valence-electron chi connectivity index (χ2n) is 6.26. The molecule has 2 aromatic carbocycles. The van der Waals surface area contributed by atoms with Gasteiger partial charge in [-0.25, -0.2) is 5.43 Å². The van der Waals surface area contributed by atoms with Crippen molar-refractivity contribution in [3.63, 3.8) is 0 Å². The Labute approximate surface area is 169 Å². The average Bonchev–Trinajstić information content (AvgIpc) is 3.20. The number of hydrogen-bond acceptors (Lipinski definition) is 7. The third-order valence-corrected chi connectivity index (χ3v) is 4.19. The number of carbonyl (C=O) groups excluding carboxylic acids is 1. The van der Waals surface area contributed by atoms with E-state index in [1.54, 1.807) is 37.4 Å². The minimum atomic E-state index is -0.515. The van der Waals surface area contributed by atoms with Gasteiger partial charge in [-0.3, -0.25) is 29.7 Å². The van der Waals surface area contributed by atoms with Crippen molar-refractivity contribution in [2.45, 2.75) is 13.5 Å². The first kappa shape index (κ1) is 20.3. The molecule has 30 heavy (non-hydrogen) atoms. The van der Waals surface area contributed by atoms with Gasteiger partial charge in [-0.05, 0) is 36.2 Å². The number of hydrazone groups is 1. The lowest BCUT2D eigenvalue weighted by Crippen LogP contribution is -2.20. The first-order valence-electron chi connectivity index (χ1n) is 8.70. The fourth-order valence-electron chi connectivity index (χ4n) is 2.56. The lowest BCUT2D eigenvalue weighted by molar-refractivity contribution is -0.385. The van der Waals surface area contributed by atoms with Crippen LogP contribution in [-0.2, 0) is 6.54 Å². The Morgan fingerprint density at radius 2 is 1.57 bits per heavy atom. The number of rotatable bonds is 7. The van der Waals surface area contributed by atoms with Crippen molar-refractivity contribution in [3.05, 3.63) is 97.8 Å². The molecule has 3 aromatic rings. The maximum Gasteiger partial charge on any atom is 0.291 e. The number of carbonyl (C=O) groups is 1. The van der Waals surface area contributed by atoms with Gasteiger partial charge in [0.2, 0.25) is 0 Å². The zero-order valence-corrected chi connectivity index (χ0v) is 15.8. The maximum atomic E-state index is 12.3. The topological polar surface area (TPSA) is 146 Å². The van der Waals surface area contributed by atoms with Crippen LogP contribution >= 0.6 is 0 Å². The van der Waals surface area contributed by atoms with Gasteiger partial charge >= 0.3 is 0 Å². The summed E-state index contributed by atoms with van der Waals surface area (Å²) in [6.45, 7) is 2.00. The van der Waals surface area contributed by atoms with E-state index in [1.165, 1.54) is 35.0 Å². The highest BCUT2D eigenvalue weighted by Gasteiger charge is 2.11. The smallest absolute Gasteiger partial charge is 0.268 e. The second-order valence-corrected chi connectivity index (χ2v) is 6.26. The van der Waals surface area contributed by atoms with Crippen LogP contribution in [0.15, 0.2) is 65.9 Å². The van der Waals surface area contributed by atoms with Crippen molar-refractivity contribution < 1.29 is 14.6 Å². The van der Waals surface area contributed by atoms with Gasteiger partial charge in [-0.2, -0.15) is 10.2 Å². The largest absolute Gasteiger partial charge is 0.291 e. The lowest BCUT2D eigenvalue weighted by atomic mass is 10.1. The Hall–Kier alpha value is -4.41. The summed E-state index contributed by atoms with van der Waals surface area (Å²) in [6.07, 6.45) is 1.61. The molecule has 0 spiro atoms. The predicted molar refractivity (Wildman–Crippen MR) is 107 cm³/mol. The molecule has 0 fully saturated rings. The molecule has 152 valence electrons. The third kappa shape index (κ3) is 4.90. The molecule has 11 heteroatoms. The molecule has 0 aliphatic heterocycles. The molecular weight excluding hydrogens is 392 g/mol. The van der Waals surface area contributed by atoms with Gasteiger partial charge in [0.15, 0.2) is 5.69 Å². The Morgan fingerprint density at radius 3 is 2.13 bits per heavy atom. The highest BCUT2D eigenvalue weighted by atomic mass is 16.6. The Bertz CT molecular complexity index is 1120. The molecule has 0 unspecified atom stereocenters. The van der Waals surface area contributed by atoms with Gasteiger partial charge in [0.1, 0.15) is 0 Å². The quantitative estimate of drug-likeness (QED) is 0.361. The summed E-state index contributed by atoms with van der Waals surface area (Å²) in [7, 11) is 0. The van der Waals surface area contributed by atoms with E-state index in [2.05, 4.69) is 15.6 Å². The molecule has 0 aliphatic rings. The van der Waals surface area contributed by atoms with E-state index in [0.717, 1.165) is 5.56 Å². The predicted octanol–water partition coefficient (Wildman–Crippen LogP) is 2.90. The first-order chi connectivity index (χ1) is 14.3. The van der Waals surface area contributed by atoms with Crippen LogP contribution in [0, 0.1) is 20.2 Å². The summed E-state index contributed by atoms with van der Waals surface area (Å²) in [4.78, 5) is 32.7. The van der Waals surface area contributed by atoms with Crippen molar-refractivity contribution >= 4 is 23.0 Å². The van der Waals surface area contributed by atoms with E-state index in [4.69, 9.17) is 0 Å². The summed E-state index contributed by atoms with van der Waals surface area (Å²) in [5, 5.41) is 29.6. The monoisotopic (exact) mass is 408 g/mol. The number of non-ortho nitro benzene ring substituents is 2. The van der Waals surface area contributed by atoms with Gasteiger partial charge in [0.05, 0.1) is 22.1 Å². The molecule has 1 heterocycles. The zero-order valence-electron chi connectivity index (χ0n) is 15.8. The molecule has 0 bridgehead atoms. The molecule has 1 amide bonds. The Balaban J connectivity index is 1.62. The average molecular weight is 408 g/mol. The molecule has 11 nitrogen and oxygen atoms in total. The summed E-state index contributed by atoms with van der Waals surface area (Å²) in [5.74, 6) is -0.515. The van der Waals surface area contributed by atoms with Crippen LogP contribution < -0.4 is 5.43 Å². The molecular formula is C19H16N6O5. The van der Waals surface area contributed by atoms with Crippen LogP contribution in [0.25, 0.3) is 0 Å². The number of nitrogens with one attached hydrogen (secondary N) is 1. The van der Waals surface area contributed by atoms with E-state index in [9.17, 15) is 25.0 Å². The number of benzene rings is 2. The van der Waals surface area contributed by atoms with Crippen LogP contribution in [0.4, 0.5) is 11.4 Å². The fourth-order valence-corrected chi connectivity index (χ4v) is 2.56. The first-order valence-corrected chi connectivity index (χ1v) is 8.70. The van der Waals surface area contributed by atoms with Crippen LogP contribution in [0.3, 0.4) is 0 Å². The number of nitrogens with zero attached hydrogens (tertiary/aromatic N) is 5. The van der Waals surface area contributed by atoms with Gasteiger partial charge in [0.25, 0.3) is 17.3 Å². The van der Waals surface area contributed by atoms with E-state index in [0.29, 0.717) is 17.8 Å². The number of amides is 1. The third-order valence-electron chi connectivity index (χ3n) is 4.19. The normalized spacial score (nSPS) is 11.2. The van der Waals surface area contributed by atoms with Crippen molar-refractivity contribution in [2.24, 2.45) is 5.10 Å². The van der Waals surface area contributed by atoms with E-state index in [1.807, 2.05) is 0 Å². The molecule has 0 saturated heterocycles. The molecule has 0 atom stereocenters. The highest BCUT2D eigenvalue weighted by Crippen LogP contribution is 2.14. The van der Waals surface area contributed by atoms with Crippen molar-refractivity contribution in [1.82, 2.24) is 15.2 Å². The van der Waals surface area contributed by atoms with E-state index < -0.39 is 15.8 Å². The molecule has 0 saturated carbocycles. The Kier molecular flexibility index (Phi) is 5.92. The molecule has 0 radical (unpaired) electrons. The lowest BCUT2D eigenvalue weighted by Gasteiger charge is -2.03. The molecule has 1 N–H and O–H groups in total. The van der Waals surface area contributed by atoms with Crippen molar-refractivity contribution in [2.75, 3.05) is 0 Å². The van der Waals surface area contributed by atoms with Crippen molar-refractivity contribution in [3.8, 4) is 0 Å². The summed E-state index contributed by atoms with van der Waals surface area (Å²) < 4.78 is 1.53. The summed E-state index contributed by atoms with van der Waals surface area (Å²) in [5.41, 5.74) is 4.41. The standard InChI is InChI=1S/C19H16N6O5/c1-13(15-4-8-17(9-5-15)25(29)30)20-21-19(26)18-10-11-23(22-18)12-14-2-6-16(7-3-14)24(27)28/h2-11H,12H2,1H3,(H,21,26). The van der Waals surface area contributed by atoms with Gasteiger partial charge in [-0.15, -0.1) is 0 Å². The number of nitro groups is 2. The van der Waals surface area contributed by atoms with Gasteiger partial charge in [-0.1, -0.05) is 12.1 Å². The minimum absolute atomic E-state index is 0.000495. The highest BCUT2D eigenvalue weighted by molar-refractivity contribution is 6.00. The van der Waals surface area contributed by atoms with Crippen LogP contribution in [0.1, 0.15) is 28.5 Å². The number of aromatic nitrogens is 2. The van der Waals surface area contributed by atoms with Gasteiger partial charge < -0.3 is 0 Å².